The summed E-state index contributed by atoms with van der Waals surface area (Å²) in [5.41, 5.74) is 0.290. The van der Waals surface area contributed by atoms with E-state index in [-0.39, 0.29) is 46.0 Å². The van der Waals surface area contributed by atoms with E-state index in [2.05, 4.69) is 26.0 Å². The molecule has 0 amide bonds. The smallest absolute Gasteiger partial charge is 0.319 e. The Morgan fingerprint density at radius 1 is 1.04 bits per heavy atom. The number of ether oxygens (including phenoxy) is 1. The molecule has 5 heterocycles. The fraction of sp³-hybridized carbons (Fsp3) is 0.444. The zero-order valence-electron chi connectivity index (χ0n) is 25.3. The van der Waals surface area contributed by atoms with Gasteiger partial charge in [-0.2, -0.15) is 9.97 Å². The first-order chi connectivity index (χ1) is 22.2. The first kappa shape index (κ1) is 28.2. The summed E-state index contributed by atoms with van der Waals surface area (Å²) < 4.78 is 52.8. The molecule has 2 bridgehead atoms. The van der Waals surface area contributed by atoms with Crippen molar-refractivity contribution in [2.75, 3.05) is 37.7 Å². The van der Waals surface area contributed by atoms with E-state index >= 15 is 4.39 Å². The highest BCUT2D eigenvalue weighted by atomic mass is 19.1. The zero-order valence-corrected chi connectivity index (χ0v) is 25.3. The molecular formula is C36H34F3N5O2. The van der Waals surface area contributed by atoms with Gasteiger partial charge in [0.05, 0.1) is 11.1 Å². The van der Waals surface area contributed by atoms with Crippen molar-refractivity contribution < 1.29 is 23.0 Å². The van der Waals surface area contributed by atoms with E-state index in [1.54, 1.807) is 12.1 Å². The number of aromatic hydroxyl groups is 1. The number of piperazine rings is 1. The second kappa shape index (κ2) is 9.96. The Morgan fingerprint density at radius 2 is 1.85 bits per heavy atom. The molecule has 4 atom stereocenters. The second-order valence-corrected chi connectivity index (χ2v) is 14.2. The van der Waals surface area contributed by atoms with Gasteiger partial charge in [-0.05, 0) is 72.7 Å². The summed E-state index contributed by atoms with van der Waals surface area (Å²) in [4.78, 5) is 13.9. The molecule has 1 spiro atoms. The summed E-state index contributed by atoms with van der Waals surface area (Å²) in [5, 5.41) is 15.6. The van der Waals surface area contributed by atoms with Crippen molar-refractivity contribution in [3.05, 3.63) is 53.6 Å². The van der Waals surface area contributed by atoms with Crippen molar-refractivity contribution >= 4 is 27.5 Å². The molecule has 4 aliphatic heterocycles. The summed E-state index contributed by atoms with van der Waals surface area (Å²) in [6, 6.07) is 9.71. The molecule has 1 aromatic heterocycles. The number of benzene rings is 3. The van der Waals surface area contributed by atoms with Gasteiger partial charge in [-0.1, -0.05) is 18.1 Å². The third kappa shape index (κ3) is 4.35. The van der Waals surface area contributed by atoms with Gasteiger partial charge in [-0.15, -0.1) is 6.42 Å². The van der Waals surface area contributed by atoms with Crippen LogP contribution in [0.4, 0.5) is 19.0 Å². The zero-order chi connectivity index (χ0) is 31.4. The molecule has 9 rings (SSSR count). The van der Waals surface area contributed by atoms with Crippen LogP contribution in [0.2, 0.25) is 0 Å². The van der Waals surface area contributed by atoms with Gasteiger partial charge in [-0.25, -0.2) is 13.2 Å². The van der Waals surface area contributed by atoms with Gasteiger partial charge in [0.1, 0.15) is 35.7 Å². The Labute approximate surface area is 264 Å². The lowest BCUT2D eigenvalue weighted by molar-refractivity contribution is 0.107. The Kier molecular flexibility index (Phi) is 6.10. The minimum atomic E-state index is -0.904. The van der Waals surface area contributed by atoms with Gasteiger partial charge >= 0.3 is 6.01 Å². The Bertz CT molecular complexity index is 1960. The number of nitrogens with zero attached hydrogens (tertiary/aromatic N) is 4. The number of fused-ring (bicyclic) bond motifs is 5. The molecule has 7 nitrogen and oxygen atoms in total. The molecule has 4 aromatic rings. The molecule has 5 fully saturated rings. The summed E-state index contributed by atoms with van der Waals surface area (Å²) in [5.74, 6) is 1.65. The number of hydrogen-bond acceptors (Lipinski definition) is 7. The van der Waals surface area contributed by atoms with E-state index in [4.69, 9.17) is 16.1 Å². The largest absolute Gasteiger partial charge is 0.508 e. The molecule has 0 radical (unpaired) electrons. The molecule has 3 aromatic carbocycles. The van der Waals surface area contributed by atoms with Crippen LogP contribution in [-0.2, 0) is 0 Å². The third-order valence-corrected chi connectivity index (χ3v) is 11.1. The quantitative estimate of drug-likeness (QED) is 0.276. The average molecular weight is 626 g/mol. The maximum atomic E-state index is 16.9. The first-order valence-electron chi connectivity index (χ1n) is 16.2. The van der Waals surface area contributed by atoms with Crippen molar-refractivity contribution in [1.29, 1.82) is 0 Å². The van der Waals surface area contributed by atoms with E-state index in [0.29, 0.717) is 47.0 Å². The molecule has 236 valence electrons. The van der Waals surface area contributed by atoms with Crippen LogP contribution in [-0.4, -0.2) is 76.6 Å². The SMILES string of the molecule is C#Cc1c(F)ccc2cc(O)cc(-c3ccc4c(N5CC6CCC(C5)N6)nc(OC[C@@]56CC(F)CN5CC5(CC5)C6)nc4c3F)c12. The van der Waals surface area contributed by atoms with Crippen molar-refractivity contribution in [2.24, 2.45) is 5.41 Å². The van der Waals surface area contributed by atoms with Gasteiger partial charge in [0, 0.05) is 61.0 Å². The molecule has 10 heteroatoms. The predicted octanol–water partition coefficient (Wildman–Crippen LogP) is 5.70. The fourth-order valence-electron chi connectivity index (χ4n) is 8.91. The minimum absolute atomic E-state index is 0.00720. The number of hydrogen-bond donors (Lipinski definition) is 2. The molecule has 46 heavy (non-hydrogen) atoms. The van der Waals surface area contributed by atoms with E-state index < -0.39 is 23.3 Å². The number of halogens is 3. The highest BCUT2D eigenvalue weighted by molar-refractivity contribution is 6.04. The van der Waals surface area contributed by atoms with Crippen LogP contribution in [0.15, 0.2) is 36.4 Å². The normalized spacial score (nSPS) is 27.9. The molecule has 4 saturated heterocycles. The van der Waals surface area contributed by atoms with Gasteiger partial charge in [0.25, 0.3) is 0 Å². The van der Waals surface area contributed by atoms with Crippen LogP contribution in [0.25, 0.3) is 32.8 Å². The first-order valence-corrected chi connectivity index (χ1v) is 16.2. The van der Waals surface area contributed by atoms with Gasteiger partial charge in [0.2, 0.25) is 0 Å². The monoisotopic (exact) mass is 625 g/mol. The Morgan fingerprint density at radius 3 is 2.61 bits per heavy atom. The maximum Gasteiger partial charge on any atom is 0.319 e. The molecule has 3 unspecified atom stereocenters. The number of phenolic OH excluding ortho intramolecular Hbond substituents is 1. The van der Waals surface area contributed by atoms with Crippen LogP contribution in [0, 0.1) is 29.4 Å². The van der Waals surface area contributed by atoms with Crippen molar-refractivity contribution in [3.8, 4) is 35.2 Å². The number of anilines is 1. The molecule has 2 N–H and O–H groups in total. The molecule has 1 aliphatic carbocycles. The molecule has 1 saturated carbocycles. The van der Waals surface area contributed by atoms with Crippen LogP contribution in [0.5, 0.6) is 11.8 Å². The number of alkyl halides is 1. The maximum absolute atomic E-state index is 16.9. The van der Waals surface area contributed by atoms with Crippen molar-refractivity contribution in [3.63, 3.8) is 0 Å². The van der Waals surface area contributed by atoms with E-state index in [1.807, 2.05) is 0 Å². The van der Waals surface area contributed by atoms with Gasteiger partial charge in [0.15, 0.2) is 5.82 Å². The topological polar surface area (TPSA) is 73.8 Å². The van der Waals surface area contributed by atoms with Crippen LogP contribution in [0.1, 0.15) is 44.1 Å². The van der Waals surface area contributed by atoms with Crippen LogP contribution < -0.4 is 15.0 Å². The number of phenols is 1. The lowest BCUT2D eigenvalue weighted by atomic mass is 9.89. The number of rotatable bonds is 5. The minimum Gasteiger partial charge on any atom is -0.508 e. The summed E-state index contributed by atoms with van der Waals surface area (Å²) in [6.07, 6.45) is 10.6. The van der Waals surface area contributed by atoms with Gasteiger partial charge < -0.3 is 20.1 Å². The highest BCUT2D eigenvalue weighted by Crippen LogP contribution is 2.60. The number of terminal acetylenes is 1. The van der Waals surface area contributed by atoms with E-state index in [1.165, 1.54) is 24.3 Å². The Balaban J connectivity index is 1.18. The number of aromatic nitrogens is 2. The molecular weight excluding hydrogens is 591 g/mol. The predicted molar refractivity (Wildman–Crippen MR) is 170 cm³/mol. The Hall–Kier alpha value is -4.07. The van der Waals surface area contributed by atoms with Gasteiger partial charge in [-0.3, -0.25) is 4.90 Å². The van der Waals surface area contributed by atoms with Crippen LogP contribution >= 0.6 is 0 Å². The highest BCUT2D eigenvalue weighted by Gasteiger charge is 2.62. The average Bonchev–Trinajstić information content (AvgIpc) is 3.48. The van der Waals surface area contributed by atoms with Crippen molar-refractivity contribution in [1.82, 2.24) is 20.2 Å². The van der Waals surface area contributed by atoms with Crippen LogP contribution in [0.3, 0.4) is 0 Å². The summed E-state index contributed by atoms with van der Waals surface area (Å²) in [6.45, 7) is 2.97. The van der Waals surface area contributed by atoms with E-state index in [0.717, 1.165) is 51.7 Å². The lowest BCUT2D eigenvalue weighted by Gasteiger charge is -2.34. The fourth-order valence-corrected chi connectivity index (χ4v) is 8.91. The second-order valence-electron chi connectivity index (χ2n) is 14.2. The third-order valence-electron chi connectivity index (χ3n) is 11.1. The molecule has 5 aliphatic rings. The summed E-state index contributed by atoms with van der Waals surface area (Å²) in [7, 11) is 0. The summed E-state index contributed by atoms with van der Waals surface area (Å²) >= 11 is 0. The standard InChI is InChI=1S/C36H34F3N5O2/c1-2-25-29(38)8-3-20-11-24(45)12-28(30(20)25)26-6-7-27-32(31(26)39)41-34(42-33(27)43-15-22-4-5-23(16-43)40-22)46-19-36-13-21(37)14-44(36)18-35(17-36)9-10-35/h1,3,6-8,11-12,21-23,40,45H,4-5,9-10,13-19H2/t21?,22?,23?,36-/m0/s1. The van der Waals surface area contributed by atoms with E-state index in [9.17, 15) is 13.9 Å². The number of nitrogens with one attached hydrogen (secondary N) is 1. The lowest BCUT2D eigenvalue weighted by Crippen LogP contribution is -2.51. The van der Waals surface area contributed by atoms with Crippen molar-refractivity contribution in [2.45, 2.75) is 62.3 Å².